The average Bonchev–Trinajstić information content (AvgIpc) is 2.18. The highest BCUT2D eigenvalue weighted by Crippen LogP contribution is 2.12. The molecule has 0 unspecified atom stereocenters. The van der Waals surface area contributed by atoms with Crippen LogP contribution in [0.4, 0.5) is 5.69 Å². The van der Waals surface area contributed by atoms with Crippen molar-refractivity contribution in [3.8, 4) is 0 Å². The molecule has 0 aliphatic carbocycles. The van der Waals surface area contributed by atoms with Crippen molar-refractivity contribution in [1.29, 1.82) is 0 Å². The molecule has 0 spiro atoms. The molecule has 0 saturated heterocycles. The minimum atomic E-state index is -1.23. The predicted octanol–water partition coefficient (Wildman–Crippen LogP) is -0.973. The molecule has 0 saturated carbocycles. The first-order valence-corrected chi connectivity index (χ1v) is 3.94. The lowest BCUT2D eigenvalue weighted by molar-refractivity contribution is 0.445. The van der Waals surface area contributed by atoms with Gasteiger partial charge >= 0.3 is 11.3 Å². The molecule has 0 amide bonds. The van der Waals surface area contributed by atoms with Gasteiger partial charge in [0.25, 0.3) is 5.56 Å². The zero-order chi connectivity index (χ0) is 11.2. The smallest absolute Gasteiger partial charge is 0.412 e. The van der Waals surface area contributed by atoms with Crippen molar-refractivity contribution in [2.24, 2.45) is 7.05 Å². The van der Waals surface area contributed by atoms with Crippen molar-refractivity contribution in [2.45, 2.75) is 0 Å². The first kappa shape index (κ1) is 9.25. The van der Waals surface area contributed by atoms with E-state index in [1.165, 1.54) is 13.2 Å². The Balaban J connectivity index is 3.18. The molecule has 78 valence electrons. The highest BCUT2D eigenvalue weighted by atomic mass is 16.5. The maximum Gasteiger partial charge on any atom is 0.423 e. The number of fused-ring (bicyclic) bond motifs is 1. The fraction of sp³-hybridized carbons (Fsp3) is 0.125. The SMILES string of the molecule is Cn1cc(N)c2oc(=O)c(=O)oc2c1=O. The number of hydrogen-bond donors (Lipinski definition) is 1. The molecule has 15 heavy (non-hydrogen) atoms. The fourth-order valence-corrected chi connectivity index (χ4v) is 1.18. The van der Waals surface area contributed by atoms with E-state index in [0.717, 1.165) is 4.57 Å². The van der Waals surface area contributed by atoms with E-state index in [1.807, 2.05) is 0 Å². The molecule has 2 N–H and O–H groups in total. The van der Waals surface area contributed by atoms with E-state index in [0.29, 0.717) is 0 Å². The second-order valence-corrected chi connectivity index (χ2v) is 2.94. The topological polar surface area (TPSA) is 108 Å². The van der Waals surface area contributed by atoms with Gasteiger partial charge in [0.2, 0.25) is 11.2 Å². The van der Waals surface area contributed by atoms with E-state index in [4.69, 9.17) is 5.73 Å². The molecule has 0 aliphatic heterocycles. The number of hydrogen-bond acceptors (Lipinski definition) is 6. The number of pyridine rings is 1. The summed E-state index contributed by atoms with van der Waals surface area (Å²) in [4.78, 5) is 33.1. The summed E-state index contributed by atoms with van der Waals surface area (Å²) < 4.78 is 10.2. The Labute approximate surface area is 81.3 Å². The Kier molecular flexibility index (Phi) is 1.75. The normalized spacial score (nSPS) is 10.7. The van der Waals surface area contributed by atoms with Crippen LogP contribution in [0.25, 0.3) is 11.2 Å². The van der Waals surface area contributed by atoms with Gasteiger partial charge in [0.15, 0.2) is 0 Å². The summed E-state index contributed by atoms with van der Waals surface area (Å²) in [6, 6.07) is 0. The van der Waals surface area contributed by atoms with E-state index in [1.54, 1.807) is 0 Å². The number of nitrogens with zero attached hydrogens (tertiary/aromatic N) is 1. The van der Waals surface area contributed by atoms with Crippen molar-refractivity contribution >= 4 is 16.9 Å². The second kappa shape index (κ2) is 2.84. The summed E-state index contributed by atoms with van der Waals surface area (Å²) in [7, 11) is 1.43. The summed E-state index contributed by atoms with van der Waals surface area (Å²) in [6.45, 7) is 0. The number of nitrogens with two attached hydrogens (primary N) is 1. The van der Waals surface area contributed by atoms with Crippen LogP contribution in [0.3, 0.4) is 0 Å². The molecule has 0 aliphatic rings. The molecule has 2 aromatic heterocycles. The molecule has 0 aromatic carbocycles. The number of anilines is 1. The summed E-state index contributed by atoms with van der Waals surface area (Å²) in [5.41, 5.74) is 1.95. The zero-order valence-corrected chi connectivity index (χ0v) is 7.64. The Morgan fingerprint density at radius 2 is 1.67 bits per heavy atom. The van der Waals surface area contributed by atoms with Crippen molar-refractivity contribution in [3.63, 3.8) is 0 Å². The van der Waals surface area contributed by atoms with Crippen molar-refractivity contribution < 1.29 is 8.83 Å². The summed E-state index contributed by atoms with van der Waals surface area (Å²) in [5.74, 6) is 0. The van der Waals surface area contributed by atoms with Gasteiger partial charge in [0, 0.05) is 13.2 Å². The number of aryl methyl sites for hydroxylation is 1. The lowest BCUT2D eigenvalue weighted by Crippen LogP contribution is -2.25. The van der Waals surface area contributed by atoms with Gasteiger partial charge in [-0.2, -0.15) is 0 Å². The lowest BCUT2D eigenvalue weighted by Gasteiger charge is -2.01. The maximum absolute atomic E-state index is 11.5. The number of rotatable bonds is 0. The molecule has 0 fully saturated rings. The Bertz CT molecular complexity index is 706. The minimum absolute atomic E-state index is 0.0490. The van der Waals surface area contributed by atoms with Crippen LogP contribution in [0.1, 0.15) is 0 Å². The van der Waals surface area contributed by atoms with Gasteiger partial charge in [-0.05, 0) is 0 Å². The molecule has 2 rings (SSSR count). The maximum atomic E-state index is 11.5. The van der Waals surface area contributed by atoms with Gasteiger partial charge in [-0.1, -0.05) is 0 Å². The number of nitrogen functional groups attached to an aromatic ring is 1. The third-order valence-electron chi connectivity index (χ3n) is 1.87. The molecule has 0 bridgehead atoms. The molecular weight excluding hydrogens is 204 g/mol. The van der Waals surface area contributed by atoms with Gasteiger partial charge in [-0.15, -0.1) is 0 Å². The molecular formula is C8H6N2O5. The quantitative estimate of drug-likeness (QED) is 0.560. The molecule has 7 nitrogen and oxygen atoms in total. The van der Waals surface area contributed by atoms with E-state index >= 15 is 0 Å². The average molecular weight is 210 g/mol. The minimum Gasteiger partial charge on any atom is -0.412 e. The van der Waals surface area contributed by atoms with Gasteiger partial charge < -0.3 is 19.1 Å². The third-order valence-corrected chi connectivity index (χ3v) is 1.87. The highest BCUT2D eigenvalue weighted by molar-refractivity contribution is 5.81. The van der Waals surface area contributed by atoms with E-state index in [-0.39, 0.29) is 16.9 Å². The van der Waals surface area contributed by atoms with Gasteiger partial charge in [-0.25, -0.2) is 9.59 Å². The standard InChI is InChI=1S/C8H6N2O5/c1-10-2-3(9)4-5(6(10)11)15-8(13)7(12)14-4/h2H,9H2,1H3. The fourth-order valence-electron chi connectivity index (χ4n) is 1.18. The van der Waals surface area contributed by atoms with Crippen LogP contribution in [0.5, 0.6) is 0 Å². The molecule has 7 heteroatoms. The second-order valence-electron chi connectivity index (χ2n) is 2.94. The predicted molar refractivity (Wildman–Crippen MR) is 50.7 cm³/mol. The van der Waals surface area contributed by atoms with Crippen LogP contribution in [0.15, 0.2) is 29.4 Å². The van der Waals surface area contributed by atoms with Gasteiger partial charge in [0.1, 0.15) is 0 Å². The summed E-state index contributed by atoms with van der Waals surface area (Å²) in [6.07, 6.45) is 1.27. The summed E-state index contributed by atoms with van der Waals surface area (Å²) >= 11 is 0. The molecule has 2 aromatic rings. The highest BCUT2D eigenvalue weighted by Gasteiger charge is 2.12. The first-order chi connectivity index (χ1) is 7.00. The molecule has 0 atom stereocenters. The van der Waals surface area contributed by atoms with E-state index < -0.39 is 16.8 Å². The van der Waals surface area contributed by atoms with E-state index in [9.17, 15) is 14.4 Å². The number of aromatic nitrogens is 1. The molecule has 0 radical (unpaired) electrons. The summed E-state index contributed by atoms with van der Waals surface area (Å²) in [5, 5.41) is 0. The van der Waals surface area contributed by atoms with Crippen LogP contribution in [0.2, 0.25) is 0 Å². The Morgan fingerprint density at radius 1 is 1.13 bits per heavy atom. The van der Waals surface area contributed by atoms with Gasteiger partial charge in [-0.3, -0.25) is 4.79 Å². The van der Waals surface area contributed by atoms with Crippen LogP contribution >= 0.6 is 0 Å². The Hall–Kier alpha value is -2.31. The van der Waals surface area contributed by atoms with Crippen LogP contribution in [-0.4, -0.2) is 4.57 Å². The third kappa shape index (κ3) is 1.25. The largest absolute Gasteiger partial charge is 0.423 e. The monoisotopic (exact) mass is 210 g/mol. The zero-order valence-electron chi connectivity index (χ0n) is 7.64. The molecule has 2 heterocycles. The van der Waals surface area contributed by atoms with Crippen LogP contribution in [0, 0.1) is 0 Å². The van der Waals surface area contributed by atoms with Crippen LogP contribution in [-0.2, 0) is 7.05 Å². The lowest BCUT2D eigenvalue weighted by atomic mass is 10.4. The van der Waals surface area contributed by atoms with Crippen molar-refractivity contribution in [3.05, 3.63) is 37.4 Å². The Morgan fingerprint density at radius 3 is 2.27 bits per heavy atom. The van der Waals surface area contributed by atoms with Gasteiger partial charge in [0.05, 0.1) is 5.69 Å². The van der Waals surface area contributed by atoms with Crippen molar-refractivity contribution in [2.75, 3.05) is 5.73 Å². The van der Waals surface area contributed by atoms with E-state index in [2.05, 4.69) is 8.83 Å². The first-order valence-electron chi connectivity index (χ1n) is 3.94. The van der Waals surface area contributed by atoms with Crippen molar-refractivity contribution in [1.82, 2.24) is 4.57 Å². The van der Waals surface area contributed by atoms with Crippen LogP contribution < -0.4 is 22.5 Å².